The quantitative estimate of drug-likeness (QED) is 0.0939. The minimum Gasteiger partial charge on any atom is -0.463 e. The summed E-state index contributed by atoms with van der Waals surface area (Å²) in [6.45, 7) is -3.70. The van der Waals surface area contributed by atoms with Crippen molar-refractivity contribution in [2.24, 2.45) is 0 Å². The van der Waals surface area contributed by atoms with Crippen molar-refractivity contribution in [2.45, 2.75) is 62.8 Å². The largest absolute Gasteiger partial charge is 0.463 e. The molecule has 16 heteroatoms. The highest BCUT2D eigenvalue weighted by Gasteiger charge is 2.54. The van der Waals surface area contributed by atoms with Crippen molar-refractivity contribution >= 4 is 29.8 Å². The highest BCUT2D eigenvalue weighted by Crippen LogP contribution is 2.30. The van der Waals surface area contributed by atoms with E-state index in [1.807, 2.05) is 0 Å². The molecular weight excluding hydrogens is 508 g/mol. The van der Waals surface area contributed by atoms with Gasteiger partial charge in [-0.3, -0.25) is 24.0 Å². The number of ether oxygens (including phenoxy) is 6. The summed E-state index contributed by atoms with van der Waals surface area (Å²) < 4.78 is 31.5. The summed E-state index contributed by atoms with van der Waals surface area (Å²) in [4.78, 5) is 60.6. The van der Waals surface area contributed by atoms with E-state index in [2.05, 4.69) is 0 Å². The van der Waals surface area contributed by atoms with Crippen molar-refractivity contribution in [2.75, 3.05) is 39.6 Å². The Morgan fingerprint density at radius 3 is 1.35 bits per heavy atom. The fraction of sp³-hybridized carbons (Fsp3) is 0.762. The highest BCUT2D eigenvalue weighted by atomic mass is 16.7. The Bertz CT molecular complexity index is 755. The normalized spacial score (nSPS) is 23.0. The molecule has 0 radical (unpaired) electrons. The summed E-state index contributed by atoms with van der Waals surface area (Å²) in [6.07, 6.45) is -11.0. The van der Waals surface area contributed by atoms with Gasteiger partial charge in [0.2, 0.25) is 12.4 Å². The number of hydrogen-bond acceptors (Lipinski definition) is 16. The smallest absolute Gasteiger partial charge is 0.310 e. The molecule has 0 aliphatic carbocycles. The van der Waals surface area contributed by atoms with Gasteiger partial charge in [0.25, 0.3) is 0 Å². The number of aliphatic hydroxyl groups excluding tert-OH is 5. The zero-order chi connectivity index (χ0) is 27.8. The fourth-order valence-corrected chi connectivity index (χ4v) is 3.03. The van der Waals surface area contributed by atoms with Crippen LogP contribution in [0.15, 0.2) is 0 Å². The average Bonchev–Trinajstić information content (AvgIpc) is 2.82. The molecule has 1 saturated heterocycles. The van der Waals surface area contributed by atoms with Crippen molar-refractivity contribution in [3.63, 3.8) is 0 Å². The van der Waals surface area contributed by atoms with Crippen molar-refractivity contribution in [3.05, 3.63) is 0 Å². The molecule has 0 saturated carbocycles. The lowest BCUT2D eigenvalue weighted by molar-refractivity contribution is -0.301. The van der Waals surface area contributed by atoms with Crippen LogP contribution in [0.1, 0.15) is 32.1 Å². The maximum Gasteiger partial charge on any atom is 0.310 e. The lowest BCUT2D eigenvalue weighted by atomic mass is 9.98. The molecule has 16 nitrogen and oxygen atoms in total. The van der Waals surface area contributed by atoms with Gasteiger partial charge in [0.1, 0.15) is 12.7 Å². The van der Waals surface area contributed by atoms with Gasteiger partial charge in [0.15, 0.2) is 12.2 Å². The van der Waals surface area contributed by atoms with E-state index in [0.717, 1.165) is 0 Å². The first-order chi connectivity index (χ1) is 17.7. The van der Waals surface area contributed by atoms with E-state index in [1.54, 1.807) is 0 Å². The molecule has 0 aromatic carbocycles. The highest BCUT2D eigenvalue weighted by molar-refractivity contribution is 5.72. The summed E-state index contributed by atoms with van der Waals surface area (Å²) >= 11 is 0. The number of carbonyl (C=O) groups excluding carboxylic acids is 5. The van der Waals surface area contributed by atoms with Gasteiger partial charge in [-0.05, 0) is 0 Å². The second kappa shape index (κ2) is 17.5. The first-order valence-corrected chi connectivity index (χ1v) is 11.3. The third-order valence-electron chi connectivity index (χ3n) is 4.63. The van der Waals surface area contributed by atoms with Crippen LogP contribution < -0.4 is 0 Å². The lowest BCUT2D eigenvalue weighted by Gasteiger charge is -2.43. The third-order valence-corrected chi connectivity index (χ3v) is 4.63. The van der Waals surface area contributed by atoms with Crippen molar-refractivity contribution in [3.8, 4) is 0 Å². The maximum absolute atomic E-state index is 12.3. The molecule has 0 bridgehead atoms. The molecule has 1 aliphatic heterocycles. The Kier molecular flexibility index (Phi) is 15.2. The van der Waals surface area contributed by atoms with Crippen LogP contribution in [-0.2, 0) is 52.4 Å². The molecule has 212 valence electrons. The molecule has 0 spiro atoms. The SMILES string of the molecule is O=C(CCO)OC[C@H]1O[C@H](OC(=O)CCO)[C@H](OC(=O)CCO)[C@@H](OC(=O)CCO)[C@@H]1OC(=O)CCO. The van der Waals surface area contributed by atoms with Crippen LogP contribution in [0.3, 0.4) is 0 Å². The Morgan fingerprint density at radius 1 is 0.514 bits per heavy atom. The molecule has 5 atom stereocenters. The summed E-state index contributed by atoms with van der Waals surface area (Å²) in [5.74, 6) is -5.01. The van der Waals surface area contributed by atoms with Crippen molar-refractivity contribution < 1.29 is 77.9 Å². The van der Waals surface area contributed by atoms with Gasteiger partial charge in [-0.1, -0.05) is 0 Å². The third kappa shape index (κ3) is 11.4. The molecule has 0 aromatic rings. The minimum absolute atomic E-state index is 0.396. The van der Waals surface area contributed by atoms with Crippen LogP contribution in [-0.4, -0.2) is 126 Å². The van der Waals surface area contributed by atoms with E-state index in [1.165, 1.54) is 0 Å². The Labute approximate surface area is 210 Å². The molecule has 1 rings (SSSR count). The zero-order valence-electron chi connectivity index (χ0n) is 19.9. The number of carbonyl (C=O) groups is 5. The van der Waals surface area contributed by atoms with E-state index >= 15 is 0 Å². The van der Waals surface area contributed by atoms with E-state index < -0.39 is 132 Å². The van der Waals surface area contributed by atoms with Crippen LogP contribution in [0.4, 0.5) is 0 Å². The van der Waals surface area contributed by atoms with E-state index in [0.29, 0.717) is 0 Å². The van der Waals surface area contributed by atoms with Crippen molar-refractivity contribution in [1.29, 1.82) is 0 Å². The van der Waals surface area contributed by atoms with Crippen LogP contribution in [0, 0.1) is 0 Å². The van der Waals surface area contributed by atoms with E-state index in [-0.39, 0.29) is 0 Å². The first-order valence-electron chi connectivity index (χ1n) is 11.3. The molecule has 0 unspecified atom stereocenters. The van der Waals surface area contributed by atoms with Gasteiger partial charge in [-0.2, -0.15) is 0 Å². The predicted molar refractivity (Wildman–Crippen MR) is 114 cm³/mol. The first kappa shape index (κ1) is 32.1. The molecule has 0 aromatic heterocycles. The average molecular weight is 540 g/mol. The molecule has 1 heterocycles. The van der Waals surface area contributed by atoms with Gasteiger partial charge in [0, 0.05) is 0 Å². The van der Waals surface area contributed by atoms with Gasteiger partial charge < -0.3 is 54.0 Å². The number of rotatable bonds is 16. The molecule has 1 aliphatic rings. The maximum atomic E-state index is 12.3. The molecule has 1 fully saturated rings. The van der Waals surface area contributed by atoms with E-state index in [4.69, 9.17) is 54.0 Å². The summed E-state index contributed by atoms with van der Waals surface area (Å²) in [6, 6.07) is 0. The second-order valence-electron chi connectivity index (χ2n) is 7.45. The van der Waals surface area contributed by atoms with Gasteiger partial charge in [0.05, 0.1) is 65.1 Å². The fourth-order valence-electron chi connectivity index (χ4n) is 3.03. The van der Waals surface area contributed by atoms with Gasteiger partial charge >= 0.3 is 29.8 Å². The Morgan fingerprint density at radius 2 is 0.892 bits per heavy atom. The van der Waals surface area contributed by atoms with Crippen LogP contribution in [0.25, 0.3) is 0 Å². The molecule has 37 heavy (non-hydrogen) atoms. The number of esters is 5. The molecule has 5 N–H and O–H groups in total. The molecular formula is C21H32O16. The number of aliphatic hydroxyl groups is 5. The van der Waals surface area contributed by atoms with Crippen LogP contribution >= 0.6 is 0 Å². The Balaban J connectivity index is 3.45. The zero-order valence-corrected chi connectivity index (χ0v) is 19.9. The summed E-state index contributed by atoms with van der Waals surface area (Å²) in [5, 5.41) is 45.1. The predicted octanol–water partition coefficient (Wildman–Crippen LogP) is -3.55. The standard InChI is InChI=1S/C21H32O16/c22-6-1-13(27)32-11-12-18(34-14(28)2-7-23)19(35-15(29)3-8-24)20(36-16(30)4-9-25)21(33-12)37-17(31)5-10-26/h12,18-26H,1-11H2/t12-,18-,19+,20-,21-/m1/s1. The van der Waals surface area contributed by atoms with Gasteiger partial charge in [-0.25, -0.2) is 0 Å². The molecule has 0 amide bonds. The van der Waals surface area contributed by atoms with E-state index in [9.17, 15) is 24.0 Å². The topological polar surface area (TPSA) is 242 Å². The van der Waals surface area contributed by atoms with Crippen LogP contribution in [0.5, 0.6) is 0 Å². The van der Waals surface area contributed by atoms with Gasteiger partial charge in [-0.15, -0.1) is 0 Å². The second-order valence-corrected chi connectivity index (χ2v) is 7.45. The number of hydrogen-bond donors (Lipinski definition) is 5. The van der Waals surface area contributed by atoms with Crippen LogP contribution in [0.2, 0.25) is 0 Å². The van der Waals surface area contributed by atoms with Crippen molar-refractivity contribution in [1.82, 2.24) is 0 Å². The monoisotopic (exact) mass is 540 g/mol. The lowest BCUT2D eigenvalue weighted by Crippen LogP contribution is -2.63. The minimum atomic E-state index is -1.83. The summed E-state index contributed by atoms with van der Waals surface area (Å²) in [5.41, 5.74) is 0. The summed E-state index contributed by atoms with van der Waals surface area (Å²) in [7, 11) is 0. The Hall–Kier alpha value is -2.89.